The summed E-state index contributed by atoms with van der Waals surface area (Å²) in [5.74, 6) is 0.364. The lowest BCUT2D eigenvalue weighted by Crippen LogP contribution is -2.46. The Kier molecular flexibility index (Phi) is 4.37. The van der Waals surface area contributed by atoms with E-state index in [9.17, 15) is 4.79 Å². The quantitative estimate of drug-likeness (QED) is 0.668. The van der Waals surface area contributed by atoms with E-state index in [4.69, 9.17) is 16.5 Å². The van der Waals surface area contributed by atoms with Crippen LogP contribution in [-0.4, -0.2) is 23.1 Å². The van der Waals surface area contributed by atoms with Gasteiger partial charge in [-0.25, -0.2) is 0 Å². The average Bonchev–Trinajstić information content (AvgIpc) is 2.27. The van der Waals surface area contributed by atoms with Gasteiger partial charge in [0.25, 0.3) is 5.91 Å². The monoisotopic (exact) mass is 256 g/mol. The Bertz CT molecular complexity index is 402. The van der Waals surface area contributed by atoms with Crippen LogP contribution in [0.2, 0.25) is 0 Å². The molecule has 0 aliphatic heterocycles. The molecule has 0 aliphatic carbocycles. The molecular weight excluding hydrogens is 240 g/mol. The Balaban J connectivity index is 2.76. The molecule has 1 N–H and O–H groups in total. The van der Waals surface area contributed by atoms with Crippen molar-refractivity contribution in [2.45, 2.75) is 26.3 Å². The first-order valence-electron chi connectivity index (χ1n) is 5.25. The molecule has 4 nitrogen and oxygen atoms in total. The summed E-state index contributed by atoms with van der Waals surface area (Å²) in [4.78, 5) is 11.9. The highest BCUT2D eigenvalue weighted by molar-refractivity contribution is 6.14. The van der Waals surface area contributed by atoms with Crippen LogP contribution < -0.4 is 10.2 Å². The summed E-state index contributed by atoms with van der Waals surface area (Å²) in [5.41, 5.74) is 2.74. The summed E-state index contributed by atoms with van der Waals surface area (Å²) >= 11 is 5.95. The van der Waals surface area contributed by atoms with E-state index >= 15 is 0 Å². The van der Waals surface area contributed by atoms with Crippen molar-refractivity contribution in [3.8, 4) is 5.75 Å². The second-order valence-corrected chi connectivity index (χ2v) is 4.96. The van der Waals surface area contributed by atoms with Crippen molar-refractivity contribution in [1.29, 1.82) is 0 Å². The molecular formula is C12H17ClN2O2. The van der Waals surface area contributed by atoms with Gasteiger partial charge in [-0.05, 0) is 39.0 Å². The molecule has 0 fully saturated rings. The van der Waals surface area contributed by atoms with Crippen molar-refractivity contribution < 1.29 is 9.53 Å². The van der Waals surface area contributed by atoms with E-state index in [-0.39, 0.29) is 11.4 Å². The number of nitrogens with one attached hydrogen (secondary N) is 1. The lowest BCUT2D eigenvalue weighted by molar-refractivity contribution is 0.0805. The second kappa shape index (κ2) is 5.38. The Morgan fingerprint density at radius 2 is 2.06 bits per heavy atom. The fourth-order valence-electron chi connectivity index (χ4n) is 1.09. The van der Waals surface area contributed by atoms with Gasteiger partial charge < -0.3 is 4.74 Å². The molecule has 0 spiro atoms. The Hall–Kier alpha value is -1.26. The van der Waals surface area contributed by atoms with Crippen molar-refractivity contribution >= 4 is 17.7 Å². The van der Waals surface area contributed by atoms with Crippen molar-refractivity contribution in [3.63, 3.8) is 0 Å². The number of carbonyl (C=O) groups excluding carboxylic acids is 1. The first-order chi connectivity index (χ1) is 7.84. The summed E-state index contributed by atoms with van der Waals surface area (Å²) in [5, 5.41) is 0. The minimum atomic E-state index is -0.351. The molecule has 0 atom stereocenters. The molecule has 94 valence electrons. The maximum absolute atomic E-state index is 11.9. The third kappa shape index (κ3) is 3.91. The zero-order valence-corrected chi connectivity index (χ0v) is 11.2. The van der Waals surface area contributed by atoms with E-state index in [0.29, 0.717) is 11.3 Å². The number of hydrogen-bond donors (Lipinski definition) is 1. The molecule has 0 radical (unpaired) electrons. The van der Waals surface area contributed by atoms with Crippen LogP contribution in [0.3, 0.4) is 0 Å². The predicted molar refractivity (Wildman–Crippen MR) is 67.9 cm³/mol. The Morgan fingerprint density at radius 3 is 2.59 bits per heavy atom. The summed E-state index contributed by atoms with van der Waals surface area (Å²) in [7, 11) is 1.56. The van der Waals surface area contributed by atoms with Gasteiger partial charge in [0.15, 0.2) is 0 Å². The summed E-state index contributed by atoms with van der Waals surface area (Å²) in [6.07, 6.45) is 0. The Morgan fingerprint density at radius 1 is 1.41 bits per heavy atom. The lowest BCUT2D eigenvalue weighted by Gasteiger charge is -2.28. The van der Waals surface area contributed by atoms with Crippen molar-refractivity contribution in [3.05, 3.63) is 29.8 Å². The summed E-state index contributed by atoms with van der Waals surface area (Å²) in [6.45, 7) is 5.68. The van der Waals surface area contributed by atoms with E-state index in [1.165, 1.54) is 4.53 Å². The number of hydrogen-bond acceptors (Lipinski definition) is 3. The molecule has 1 aromatic carbocycles. The minimum absolute atomic E-state index is 0.270. The summed E-state index contributed by atoms with van der Waals surface area (Å²) < 4.78 is 6.31. The van der Waals surface area contributed by atoms with E-state index in [0.717, 1.165) is 0 Å². The second-order valence-electron chi connectivity index (χ2n) is 4.62. The average molecular weight is 257 g/mol. The van der Waals surface area contributed by atoms with Crippen LogP contribution in [0.5, 0.6) is 5.75 Å². The predicted octanol–water partition coefficient (Wildman–Crippen LogP) is 2.59. The number of rotatable bonds is 3. The number of ether oxygens (including phenoxy) is 1. The van der Waals surface area contributed by atoms with Crippen molar-refractivity contribution in [2.75, 3.05) is 7.11 Å². The molecule has 0 unspecified atom stereocenters. The molecule has 0 saturated heterocycles. The van der Waals surface area contributed by atoms with E-state index in [1.54, 1.807) is 31.4 Å². The van der Waals surface area contributed by atoms with Gasteiger partial charge in [-0.15, -0.1) is 4.53 Å². The highest BCUT2D eigenvalue weighted by Gasteiger charge is 2.21. The number of hydrazine groups is 1. The van der Waals surface area contributed by atoms with Gasteiger partial charge >= 0.3 is 0 Å². The number of amides is 1. The van der Waals surface area contributed by atoms with Gasteiger partial charge in [-0.1, -0.05) is 6.07 Å². The SMILES string of the molecule is COc1cccc(C(=O)NN(Cl)C(C)(C)C)c1. The smallest absolute Gasteiger partial charge is 0.266 e. The first kappa shape index (κ1) is 13.8. The van der Waals surface area contributed by atoms with Crippen LogP contribution in [0.25, 0.3) is 0 Å². The largest absolute Gasteiger partial charge is 0.497 e. The van der Waals surface area contributed by atoms with E-state index in [1.807, 2.05) is 20.8 Å². The van der Waals surface area contributed by atoms with E-state index < -0.39 is 0 Å². The fraction of sp³-hybridized carbons (Fsp3) is 0.417. The molecule has 1 aromatic rings. The third-order valence-corrected chi connectivity index (χ3v) is 2.71. The first-order valence-corrected chi connectivity index (χ1v) is 5.59. The van der Waals surface area contributed by atoms with Gasteiger partial charge in [0.05, 0.1) is 7.11 Å². The topological polar surface area (TPSA) is 41.6 Å². The van der Waals surface area contributed by atoms with Crippen LogP contribution in [-0.2, 0) is 0 Å². The third-order valence-electron chi connectivity index (χ3n) is 2.12. The van der Waals surface area contributed by atoms with Crippen LogP contribution in [0, 0.1) is 0 Å². The van der Waals surface area contributed by atoms with E-state index in [2.05, 4.69) is 5.43 Å². The summed E-state index contributed by atoms with van der Waals surface area (Å²) in [6, 6.07) is 6.89. The van der Waals surface area contributed by atoms with Crippen LogP contribution in [0.15, 0.2) is 24.3 Å². The molecule has 0 heterocycles. The zero-order chi connectivity index (χ0) is 13.1. The number of benzene rings is 1. The molecule has 5 heteroatoms. The highest BCUT2D eigenvalue weighted by atomic mass is 35.5. The highest BCUT2D eigenvalue weighted by Crippen LogP contribution is 2.15. The number of methoxy groups -OCH3 is 1. The normalized spacial score (nSPS) is 11.4. The number of nitrogens with zero attached hydrogens (tertiary/aromatic N) is 1. The van der Waals surface area contributed by atoms with Crippen LogP contribution in [0.1, 0.15) is 31.1 Å². The maximum Gasteiger partial charge on any atom is 0.266 e. The minimum Gasteiger partial charge on any atom is -0.497 e. The van der Waals surface area contributed by atoms with Crippen LogP contribution in [0.4, 0.5) is 0 Å². The molecule has 17 heavy (non-hydrogen) atoms. The van der Waals surface area contributed by atoms with Gasteiger partial charge in [-0.2, -0.15) is 0 Å². The van der Waals surface area contributed by atoms with Crippen LogP contribution >= 0.6 is 11.8 Å². The molecule has 0 saturated carbocycles. The van der Waals surface area contributed by atoms with Crippen molar-refractivity contribution in [1.82, 2.24) is 9.95 Å². The van der Waals surface area contributed by atoms with Gasteiger partial charge in [0.1, 0.15) is 5.75 Å². The molecule has 0 aromatic heterocycles. The maximum atomic E-state index is 11.9. The Labute approximate surface area is 107 Å². The van der Waals surface area contributed by atoms with Gasteiger partial charge in [0, 0.05) is 22.9 Å². The fourth-order valence-corrected chi connectivity index (χ4v) is 1.16. The molecule has 1 amide bonds. The van der Waals surface area contributed by atoms with Crippen molar-refractivity contribution in [2.24, 2.45) is 0 Å². The lowest BCUT2D eigenvalue weighted by atomic mass is 10.1. The number of halogens is 1. The van der Waals surface area contributed by atoms with Gasteiger partial charge in [-0.3, -0.25) is 10.2 Å². The number of carbonyl (C=O) groups is 1. The molecule has 0 bridgehead atoms. The zero-order valence-electron chi connectivity index (χ0n) is 10.5. The standard InChI is InChI=1S/C12H17ClN2O2/c1-12(2,3)15(13)14-11(16)9-6-5-7-10(8-9)17-4/h5-8H,1-4H3,(H,14,16). The molecule has 0 aliphatic rings. The molecule has 1 rings (SSSR count). The van der Waals surface area contributed by atoms with Gasteiger partial charge in [0.2, 0.25) is 0 Å².